The third kappa shape index (κ3) is 3.75. The van der Waals surface area contributed by atoms with Gasteiger partial charge in [-0.2, -0.15) is 5.10 Å². The molecule has 0 radical (unpaired) electrons. The van der Waals surface area contributed by atoms with E-state index in [0.29, 0.717) is 11.5 Å². The van der Waals surface area contributed by atoms with Crippen molar-refractivity contribution in [2.24, 2.45) is 5.10 Å². The van der Waals surface area contributed by atoms with Gasteiger partial charge < -0.3 is 10.1 Å². The highest BCUT2D eigenvalue weighted by molar-refractivity contribution is 5.99. The van der Waals surface area contributed by atoms with Crippen molar-refractivity contribution in [3.8, 4) is 0 Å². The number of rotatable bonds is 5. The number of amides is 1. The number of hydrogen-bond donors (Lipinski definition) is 1. The van der Waals surface area contributed by atoms with Gasteiger partial charge in [-0.3, -0.25) is 9.36 Å². The first-order chi connectivity index (χ1) is 10.5. The molecule has 0 atom stereocenters. The van der Waals surface area contributed by atoms with Crippen LogP contribution in [-0.4, -0.2) is 26.1 Å². The Kier molecular flexibility index (Phi) is 4.62. The smallest absolute Gasteiger partial charge is 0.358 e. The maximum Gasteiger partial charge on any atom is 0.381 e. The summed E-state index contributed by atoms with van der Waals surface area (Å²) in [7, 11) is 0. The van der Waals surface area contributed by atoms with Crippen LogP contribution < -0.4 is 5.43 Å². The quantitative estimate of drug-likeness (QED) is 0.515. The number of imidazole rings is 1. The van der Waals surface area contributed by atoms with E-state index in [-0.39, 0.29) is 18.3 Å². The molecule has 1 amide bonds. The second-order valence-corrected chi connectivity index (χ2v) is 4.63. The summed E-state index contributed by atoms with van der Waals surface area (Å²) in [6.45, 7) is 3.29. The van der Waals surface area contributed by atoms with Crippen LogP contribution in [0.5, 0.6) is 0 Å². The monoisotopic (exact) mass is 301 g/mol. The lowest BCUT2D eigenvalue weighted by Gasteiger charge is -2.03. The maximum absolute atomic E-state index is 11.8. The third-order valence-corrected chi connectivity index (χ3v) is 3.00. The highest BCUT2D eigenvalue weighted by Gasteiger charge is 2.16. The molecule has 0 aliphatic rings. The van der Waals surface area contributed by atoms with E-state index in [2.05, 4.69) is 15.5 Å². The Bertz CT molecular complexity index is 721. The van der Waals surface area contributed by atoms with E-state index in [1.165, 1.54) is 10.8 Å². The van der Waals surface area contributed by atoms with Gasteiger partial charge in [-0.1, -0.05) is 30.3 Å². The highest BCUT2D eigenvalue weighted by atomic mass is 16.6. The van der Waals surface area contributed by atoms with Crippen LogP contribution in [0.25, 0.3) is 0 Å². The molecule has 2 rings (SSSR count). The summed E-state index contributed by atoms with van der Waals surface area (Å²) in [5.41, 5.74) is 3.99. The minimum absolute atomic E-state index is 0.0851. The van der Waals surface area contributed by atoms with Crippen molar-refractivity contribution in [3.63, 3.8) is 0 Å². The maximum atomic E-state index is 11.8. The van der Waals surface area contributed by atoms with Gasteiger partial charge in [0.1, 0.15) is 12.7 Å². The van der Waals surface area contributed by atoms with Gasteiger partial charge in [0.05, 0.1) is 5.71 Å². The van der Waals surface area contributed by atoms with Crippen molar-refractivity contribution in [2.45, 2.75) is 20.4 Å². The Labute approximate surface area is 126 Å². The van der Waals surface area contributed by atoms with Crippen LogP contribution in [0, 0.1) is 17.0 Å². The zero-order valence-electron chi connectivity index (χ0n) is 12.2. The molecule has 0 aliphatic carbocycles. The van der Waals surface area contributed by atoms with Gasteiger partial charge in [-0.15, -0.1) is 0 Å². The molecule has 8 nitrogen and oxygen atoms in total. The molecular weight excluding hydrogens is 286 g/mol. The molecule has 0 spiro atoms. The minimum Gasteiger partial charge on any atom is -0.358 e. The number of aryl methyl sites for hydroxylation is 1. The van der Waals surface area contributed by atoms with Crippen LogP contribution in [0.4, 0.5) is 5.82 Å². The summed E-state index contributed by atoms with van der Waals surface area (Å²) < 4.78 is 1.40. The normalized spacial score (nSPS) is 11.3. The average molecular weight is 301 g/mol. The van der Waals surface area contributed by atoms with Crippen molar-refractivity contribution < 1.29 is 9.72 Å². The lowest BCUT2D eigenvalue weighted by Crippen LogP contribution is -2.24. The number of carbonyl (C=O) groups is 1. The van der Waals surface area contributed by atoms with Crippen molar-refractivity contribution in [1.82, 2.24) is 15.0 Å². The molecule has 1 heterocycles. The SMILES string of the molecule is C/C(=N\NC(=O)Cn1cc([N+](=O)[O-])nc1C)c1ccccc1. The summed E-state index contributed by atoms with van der Waals surface area (Å²) in [6.07, 6.45) is 1.22. The molecule has 0 unspecified atom stereocenters. The molecule has 0 bridgehead atoms. The first-order valence-corrected chi connectivity index (χ1v) is 6.54. The van der Waals surface area contributed by atoms with Crippen LogP contribution in [-0.2, 0) is 11.3 Å². The summed E-state index contributed by atoms with van der Waals surface area (Å²) >= 11 is 0. The second-order valence-electron chi connectivity index (χ2n) is 4.63. The lowest BCUT2D eigenvalue weighted by molar-refractivity contribution is -0.389. The summed E-state index contributed by atoms with van der Waals surface area (Å²) in [5.74, 6) is -0.273. The van der Waals surface area contributed by atoms with E-state index in [4.69, 9.17) is 0 Å². The number of hydrogen-bond acceptors (Lipinski definition) is 5. The fraction of sp³-hybridized carbons (Fsp3) is 0.214. The first kappa shape index (κ1) is 15.4. The molecule has 0 aliphatic heterocycles. The van der Waals surface area contributed by atoms with Crippen molar-refractivity contribution in [1.29, 1.82) is 0 Å². The van der Waals surface area contributed by atoms with E-state index in [0.717, 1.165) is 5.56 Å². The predicted molar refractivity (Wildman–Crippen MR) is 80.4 cm³/mol. The fourth-order valence-electron chi connectivity index (χ4n) is 1.82. The number of nitro groups is 1. The average Bonchev–Trinajstić information content (AvgIpc) is 2.87. The van der Waals surface area contributed by atoms with Crippen LogP contribution in [0.1, 0.15) is 18.3 Å². The minimum atomic E-state index is -0.598. The summed E-state index contributed by atoms with van der Waals surface area (Å²) in [4.78, 5) is 25.6. The van der Waals surface area contributed by atoms with Gasteiger partial charge in [0, 0.05) is 6.92 Å². The van der Waals surface area contributed by atoms with Crippen LogP contribution in [0.15, 0.2) is 41.6 Å². The van der Waals surface area contributed by atoms with E-state index in [9.17, 15) is 14.9 Å². The van der Waals surface area contributed by atoms with Crippen LogP contribution in [0.2, 0.25) is 0 Å². The predicted octanol–water partition coefficient (Wildman–Crippen LogP) is 1.64. The number of nitrogens with zero attached hydrogens (tertiary/aromatic N) is 4. The highest BCUT2D eigenvalue weighted by Crippen LogP contribution is 2.09. The standard InChI is InChI=1S/C14H15N5O3/c1-10(12-6-4-3-5-7-12)16-17-14(20)9-18-8-13(19(21)22)15-11(18)2/h3-8H,9H2,1-2H3,(H,17,20)/b16-10+. The van der Waals surface area contributed by atoms with E-state index < -0.39 is 4.92 Å². The number of nitrogens with one attached hydrogen (secondary N) is 1. The van der Waals surface area contributed by atoms with Crippen molar-refractivity contribution in [2.75, 3.05) is 0 Å². The number of carbonyl (C=O) groups excluding carboxylic acids is 1. The van der Waals surface area contributed by atoms with E-state index in [1.807, 2.05) is 30.3 Å². The Morgan fingerprint density at radius 3 is 2.68 bits per heavy atom. The molecule has 0 saturated heterocycles. The first-order valence-electron chi connectivity index (χ1n) is 6.54. The molecule has 1 N–H and O–H groups in total. The Morgan fingerprint density at radius 1 is 1.41 bits per heavy atom. The molecule has 1 aromatic carbocycles. The Balaban J connectivity index is 2.00. The molecule has 8 heteroatoms. The van der Waals surface area contributed by atoms with E-state index >= 15 is 0 Å². The van der Waals surface area contributed by atoms with Gasteiger partial charge in [0.25, 0.3) is 5.91 Å². The van der Waals surface area contributed by atoms with Gasteiger partial charge in [0.15, 0.2) is 0 Å². The van der Waals surface area contributed by atoms with Crippen LogP contribution >= 0.6 is 0 Å². The summed E-state index contributed by atoms with van der Waals surface area (Å²) in [5, 5.41) is 14.6. The van der Waals surface area contributed by atoms with Gasteiger partial charge in [-0.05, 0) is 22.4 Å². The van der Waals surface area contributed by atoms with Crippen LogP contribution in [0.3, 0.4) is 0 Å². The van der Waals surface area contributed by atoms with Gasteiger partial charge >= 0.3 is 5.82 Å². The Morgan fingerprint density at radius 2 is 2.09 bits per heavy atom. The van der Waals surface area contributed by atoms with Gasteiger partial charge in [0.2, 0.25) is 5.82 Å². The zero-order chi connectivity index (χ0) is 16.1. The van der Waals surface area contributed by atoms with Gasteiger partial charge in [-0.25, -0.2) is 5.43 Å². The molecule has 22 heavy (non-hydrogen) atoms. The zero-order valence-corrected chi connectivity index (χ0v) is 12.2. The molecule has 114 valence electrons. The summed E-state index contributed by atoms with van der Waals surface area (Å²) in [6, 6.07) is 9.42. The molecule has 0 fully saturated rings. The number of aromatic nitrogens is 2. The topological polar surface area (TPSA) is 102 Å². The number of benzene rings is 1. The van der Waals surface area contributed by atoms with E-state index in [1.54, 1.807) is 13.8 Å². The third-order valence-electron chi connectivity index (χ3n) is 3.00. The largest absolute Gasteiger partial charge is 0.381 e. The lowest BCUT2D eigenvalue weighted by atomic mass is 10.1. The van der Waals surface area contributed by atoms with Crippen molar-refractivity contribution in [3.05, 3.63) is 58.0 Å². The second kappa shape index (κ2) is 6.61. The molecule has 2 aromatic rings. The molecular formula is C14H15N5O3. The van der Waals surface area contributed by atoms with Crippen molar-refractivity contribution >= 4 is 17.4 Å². The number of hydrazone groups is 1. The molecule has 0 saturated carbocycles. The fourth-order valence-corrected chi connectivity index (χ4v) is 1.82. The Hall–Kier alpha value is -3.03. The molecule has 1 aromatic heterocycles.